The summed E-state index contributed by atoms with van der Waals surface area (Å²) in [7, 11) is 0. The van der Waals surface area contributed by atoms with Crippen LogP contribution in [0.15, 0.2) is 28.9 Å². The number of nitrogen functional groups attached to an aromatic ring is 1. The van der Waals surface area contributed by atoms with Crippen molar-refractivity contribution in [3.05, 3.63) is 41.2 Å². The molecule has 2 heterocycles. The Morgan fingerprint density at radius 2 is 2.07 bits per heavy atom. The van der Waals surface area contributed by atoms with Crippen LogP contribution in [0.1, 0.15) is 33.5 Å². The average Bonchev–Trinajstić information content (AvgIpc) is 3.25. The standard InChI is InChI=1S/C15H16N8O4/c1-2-26-15(25)11-10(23(22-19-11)14-12(16)20-27-21-14)7-18-9-6-4-3-5-8(9)13(17)24/h3-6,18H,2,7H2,1H3,(H2,16,20)(H2,17,24). The molecule has 27 heavy (non-hydrogen) atoms. The number of carbonyl (C=O) groups is 2. The zero-order valence-electron chi connectivity index (χ0n) is 14.2. The Hall–Kier alpha value is -3.96. The van der Waals surface area contributed by atoms with Gasteiger partial charge in [-0.1, -0.05) is 17.3 Å². The van der Waals surface area contributed by atoms with Crippen molar-refractivity contribution in [2.45, 2.75) is 13.5 Å². The Balaban J connectivity index is 1.98. The molecule has 0 aliphatic carbocycles. The van der Waals surface area contributed by atoms with Gasteiger partial charge >= 0.3 is 5.97 Å². The van der Waals surface area contributed by atoms with Gasteiger partial charge in [0.25, 0.3) is 5.91 Å². The summed E-state index contributed by atoms with van der Waals surface area (Å²) in [6, 6.07) is 6.66. The van der Waals surface area contributed by atoms with Crippen LogP contribution in [0.5, 0.6) is 0 Å². The van der Waals surface area contributed by atoms with Gasteiger partial charge in [0, 0.05) is 5.69 Å². The van der Waals surface area contributed by atoms with Crippen molar-refractivity contribution in [1.82, 2.24) is 25.3 Å². The molecule has 0 saturated heterocycles. The summed E-state index contributed by atoms with van der Waals surface area (Å²) in [4.78, 5) is 23.8. The molecule has 12 nitrogen and oxygen atoms in total. The molecule has 1 amide bonds. The van der Waals surface area contributed by atoms with Gasteiger partial charge in [-0.2, -0.15) is 4.68 Å². The molecular weight excluding hydrogens is 356 g/mol. The van der Waals surface area contributed by atoms with Crippen LogP contribution in [0.4, 0.5) is 11.5 Å². The molecule has 2 aromatic heterocycles. The van der Waals surface area contributed by atoms with Gasteiger partial charge in [0.2, 0.25) is 11.6 Å². The molecule has 0 spiro atoms. The van der Waals surface area contributed by atoms with Gasteiger partial charge in [0.1, 0.15) is 5.69 Å². The van der Waals surface area contributed by atoms with Crippen LogP contribution in [0, 0.1) is 0 Å². The molecular formula is C15H16N8O4. The Kier molecular flexibility index (Phi) is 4.97. The van der Waals surface area contributed by atoms with E-state index >= 15 is 0 Å². The van der Waals surface area contributed by atoms with Gasteiger partial charge in [-0.15, -0.1) is 5.10 Å². The Labute approximate surface area is 152 Å². The van der Waals surface area contributed by atoms with Gasteiger partial charge in [0.15, 0.2) is 5.69 Å². The summed E-state index contributed by atoms with van der Waals surface area (Å²) in [5.74, 6) is -1.23. The first-order chi connectivity index (χ1) is 13.0. The number of carbonyl (C=O) groups excluding carboxylic acids is 2. The number of nitrogens with one attached hydrogen (secondary N) is 1. The predicted octanol–water partition coefficient (Wildman–Crippen LogP) is 0.120. The van der Waals surface area contributed by atoms with E-state index in [0.717, 1.165) is 0 Å². The number of primary amides is 1. The number of benzene rings is 1. The van der Waals surface area contributed by atoms with E-state index in [1.807, 2.05) is 0 Å². The maximum absolute atomic E-state index is 12.2. The fourth-order valence-corrected chi connectivity index (χ4v) is 2.36. The number of nitrogens with zero attached hydrogens (tertiary/aromatic N) is 5. The Morgan fingerprint density at radius 3 is 2.74 bits per heavy atom. The number of hydrogen-bond acceptors (Lipinski definition) is 10. The van der Waals surface area contributed by atoms with Crippen molar-refractivity contribution >= 4 is 23.4 Å². The molecule has 3 aromatic rings. The second-order valence-electron chi connectivity index (χ2n) is 5.25. The van der Waals surface area contributed by atoms with E-state index in [1.54, 1.807) is 31.2 Å². The maximum atomic E-state index is 12.2. The van der Waals surface area contributed by atoms with Gasteiger partial charge in [-0.25, -0.2) is 9.42 Å². The van der Waals surface area contributed by atoms with E-state index in [0.29, 0.717) is 5.69 Å². The summed E-state index contributed by atoms with van der Waals surface area (Å²) >= 11 is 0. The van der Waals surface area contributed by atoms with Crippen LogP contribution >= 0.6 is 0 Å². The minimum atomic E-state index is -0.668. The highest BCUT2D eigenvalue weighted by molar-refractivity contribution is 5.98. The monoisotopic (exact) mass is 372 g/mol. The van der Waals surface area contributed by atoms with Crippen LogP contribution in [-0.2, 0) is 11.3 Å². The number of amides is 1. The molecule has 3 rings (SSSR count). The quantitative estimate of drug-likeness (QED) is 0.482. The third kappa shape index (κ3) is 3.53. The number of esters is 1. The van der Waals surface area contributed by atoms with E-state index in [4.69, 9.17) is 16.2 Å². The summed E-state index contributed by atoms with van der Waals surface area (Å²) in [5, 5.41) is 17.9. The maximum Gasteiger partial charge on any atom is 0.360 e. The van der Waals surface area contributed by atoms with Crippen molar-refractivity contribution in [3.63, 3.8) is 0 Å². The van der Waals surface area contributed by atoms with Crippen molar-refractivity contribution in [3.8, 4) is 5.82 Å². The first-order valence-corrected chi connectivity index (χ1v) is 7.85. The molecule has 140 valence electrons. The van der Waals surface area contributed by atoms with E-state index in [2.05, 4.69) is 30.6 Å². The highest BCUT2D eigenvalue weighted by Crippen LogP contribution is 2.20. The predicted molar refractivity (Wildman–Crippen MR) is 91.9 cm³/mol. The normalized spacial score (nSPS) is 10.6. The lowest BCUT2D eigenvalue weighted by molar-refractivity contribution is 0.0518. The third-order valence-electron chi connectivity index (χ3n) is 3.57. The lowest BCUT2D eigenvalue weighted by Crippen LogP contribution is -2.17. The fourth-order valence-electron chi connectivity index (χ4n) is 2.36. The zero-order valence-corrected chi connectivity index (χ0v) is 14.2. The highest BCUT2D eigenvalue weighted by atomic mass is 16.6. The highest BCUT2D eigenvalue weighted by Gasteiger charge is 2.25. The minimum absolute atomic E-state index is 0.0332. The topological polar surface area (TPSA) is 177 Å². The van der Waals surface area contributed by atoms with Gasteiger partial charge in [-0.3, -0.25) is 4.79 Å². The second kappa shape index (κ2) is 7.51. The van der Waals surface area contributed by atoms with Crippen molar-refractivity contribution < 1.29 is 19.0 Å². The van der Waals surface area contributed by atoms with E-state index in [9.17, 15) is 9.59 Å². The summed E-state index contributed by atoms with van der Waals surface area (Å²) in [5.41, 5.74) is 12.1. The van der Waals surface area contributed by atoms with Crippen LogP contribution in [0.3, 0.4) is 0 Å². The van der Waals surface area contributed by atoms with Gasteiger partial charge in [-0.05, 0) is 29.4 Å². The lowest BCUT2D eigenvalue weighted by atomic mass is 10.1. The number of rotatable bonds is 7. The Morgan fingerprint density at radius 1 is 1.30 bits per heavy atom. The zero-order chi connectivity index (χ0) is 19.4. The molecule has 0 unspecified atom stereocenters. The number of anilines is 2. The van der Waals surface area contributed by atoms with Gasteiger partial charge in [0.05, 0.1) is 18.7 Å². The molecule has 12 heteroatoms. The number of nitrogens with two attached hydrogens (primary N) is 2. The number of hydrogen-bond donors (Lipinski definition) is 3. The smallest absolute Gasteiger partial charge is 0.360 e. The van der Waals surface area contributed by atoms with Crippen molar-refractivity contribution in [1.29, 1.82) is 0 Å². The van der Waals surface area contributed by atoms with Gasteiger partial charge < -0.3 is 21.5 Å². The molecule has 0 aliphatic heterocycles. The third-order valence-corrected chi connectivity index (χ3v) is 3.57. The first-order valence-electron chi connectivity index (χ1n) is 7.85. The van der Waals surface area contributed by atoms with Crippen LogP contribution in [-0.4, -0.2) is 43.8 Å². The molecule has 1 aromatic carbocycles. The van der Waals surface area contributed by atoms with E-state index in [1.165, 1.54) is 4.68 Å². The summed E-state index contributed by atoms with van der Waals surface area (Å²) < 4.78 is 10.8. The number of ether oxygens (including phenoxy) is 1. The SMILES string of the molecule is CCOC(=O)c1nnn(-c2nonc2N)c1CNc1ccccc1C(N)=O. The largest absolute Gasteiger partial charge is 0.461 e. The molecule has 0 fully saturated rings. The van der Waals surface area contributed by atoms with Crippen LogP contribution in [0.25, 0.3) is 5.82 Å². The molecule has 5 N–H and O–H groups in total. The van der Waals surface area contributed by atoms with Crippen LogP contribution in [0.2, 0.25) is 0 Å². The van der Waals surface area contributed by atoms with E-state index < -0.39 is 11.9 Å². The average molecular weight is 372 g/mol. The molecule has 0 radical (unpaired) electrons. The van der Waals surface area contributed by atoms with Crippen LogP contribution < -0.4 is 16.8 Å². The lowest BCUT2D eigenvalue weighted by Gasteiger charge is -2.11. The summed E-state index contributed by atoms with van der Waals surface area (Å²) in [6.07, 6.45) is 0. The first kappa shape index (κ1) is 17.8. The minimum Gasteiger partial charge on any atom is -0.461 e. The molecule has 0 aliphatic rings. The van der Waals surface area contributed by atoms with Crippen molar-refractivity contribution in [2.75, 3.05) is 17.7 Å². The molecule has 0 bridgehead atoms. The number of aromatic nitrogens is 5. The fraction of sp³-hybridized carbons (Fsp3) is 0.200. The second-order valence-corrected chi connectivity index (χ2v) is 5.25. The Bertz CT molecular complexity index is 980. The van der Waals surface area contributed by atoms with E-state index in [-0.39, 0.29) is 41.7 Å². The number of para-hydroxylation sites is 1. The van der Waals surface area contributed by atoms with Crippen molar-refractivity contribution in [2.24, 2.45) is 5.73 Å². The molecule has 0 saturated carbocycles. The summed E-state index contributed by atoms with van der Waals surface area (Å²) in [6.45, 7) is 1.87. The molecule has 0 atom stereocenters.